The molecule has 5 nitrogen and oxygen atoms in total. The molecule has 3 aliphatic rings. The number of likely N-dealkylation sites (tertiary alicyclic amines) is 1. The molecule has 24 heavy (non-hydrogen) atoms. The molecular weight excluding hydrogens is 306 g/mol. The second-order valence-electron chi connectivity index (χ2n) is 7.75. The molecule has 3 fully saturated rings. The van der Waals surface area contributed by atoms with Gasteiger partial charge in [0.1, 0.15) is 6.61 Å². The van der Waals surface area contributed by atoms with Gasteiger partial charge in [0.2, 0.25) is 5.91 Å². The Labute approximate surface area is 146 Å². The monoisotopic (exact) mass is 339 g/mol. The van der Waals surface area contributed by atoms with Crippen LogP contribution >= 0.6 is 0 Å². The summed E-state index contributed by atoms with van der Waals surface area (Å²) in [6, 6.07) is 0. The molecule has 1 saturated carbocycles. The topological polar surface area (TPSA) is 48.0 Å². The molecule has 0 bridgehead atoms. The number of ether oxygens (including phenoxy) is 3. The first-order valence-corrected chi connectivity index (χ1v) is 9.83. The van der Waals surface area contributed by atoms with E-state index >= 15 is 0 Å². The van der Waals surface area contributed by atoms with E-state index in [0.717, 1.165) is 51.3 Å². The first-order chi connectivity index (χ1) is 11.7. The number of rotatable bonds is 6. The zero-order chi connectivity index (χ0) is 16.8. The Morgan fingerprint density at radius 2 is 1.75 bits per heavy atom. The van der Waals surface area contributed by atoms with E-state index in [4.69, 9.17) is 14.2 Å². The molecule has 1 unspecified atom stereocenters. The molecule has 0 aromatic heterocycles. The summed E-state index contributed by atoms with van der Waals surface area (Å²) in [6.07, 6.45) is 10.1. The molecule has 1 amide bonds. The van der Waals surface area contributed by atoms with Crippen molar-refractivity contribution < 1.29 is 19.0 Å². The van der Waals surface area contributed by atoms with Crippen LogP contribution in [-0.2, 0) is 19.0 Å². The van der Waals surface area contributed by atoms with Crippen LogP contribution in [0.2, 0.25) is 0 Å². The van der Waals surface area contributed by atoms with E-state index in [1.807, 2.05) is 4.90 Å². The average Bonchev–Trinajstić information content (AvgIpc) is 3.11. The molecule has 0 aromatic rings. The smallest absolute Gasteiger partial charge is 0.248 e. The highest BCUT2D eigenvalue weighted by Crippen LogP contribution is 2.28. The number of hydrogen-bond donors (Lipinski definition) is 0. The highest BCUT2D eigenvalue weighted by Gasteiger charge is 2.27. The van der Waals surface area contributed by atoms with Gasteiger partial charge in [-0.1, -0.05) is 6.92 Å². The molecule has 2 saturated heterocycles. The van der Waals surface area contributed by atoms with Crippen LogP contribution < -0.4 is 0 Å². The summed E-state index contributed by atoms with van der Waals surface area (Å²) in [6.45, 7) is 5.50. The van der Waals surface area contributed by atoms with Gasteiger partial charge in [0.25, 0.3) is 0 Å². The van der Waals surface area contributed by atoms with Crippen molar-refractivity contribution in [3.8, 4) is 0 Å². The van der Waals surface area contributed by atoms with Crippen LogP contribution in [0.5, 0.6) is 0 Å². The number of piperidine rings is 1. The molecule has 1 atom stereocenters. The van der Waals surface area contributed by atoms with Gasteiger partial charge in [0, 0.05) is 19.7 Å². The van der Waals surface area contributed by atoms with Crippen molar-refractivity contribution in [3.63, 3.8) is 0 Å². The summed E-state index contributed by atoms with van der Waals surface area (Å²) in [7, 11) is 0. The fraction of sp³-hybridized carbons (Fsp3) is 0.947. The predicted molar refractivity (Wildman–Crippen MR) is 91.9 cm³/mol. The van der Waals surface area contributed by atoms with Crippen molar-refractivity contribution >= 4 is 5.91 Å². The van der Waals surface area contributed by atoms with Crippen LogP contribution in [0, 0.1) is 5.92 Å². The molecule has 0 spiro atoms. The zero-order valence-corrected chi connectivity index (χ0v) is 15.1. The quantitative estimate of drug-likeness (QED) is 0.746. The van der Waals surface area contributed by atoms with Crippen LogP contribution in [-0.4, -0.2) is 62.0 Å². The zero-order valence-electron chi connectivity index (χ0n) is 15.1. The standard InChI is InChI=1S/C19H33NO4/c1-15-4-6-16(7-5-15)24-17-8-10-20(11-9-17)19(21)14-22-13-18-3-2-12-23-18/h15-18H,2-14H2,1H3. The molecule has 1 aliphatic carbocycles. The van der Waals surface area contributed by atoms with E-state index in [2.05, 4.69) is 6.92 Å². The maximum atomic E-state index is 12.2. The van der Waals surface area contributed by atoms with Crippen LogP contribution in [0.4, 0.5) is 0 Å². The Kier molecular flexibility index (Phi) is 6.93. The molecule has 2 heterocycles. The lowest BCUT2D eigenvalue weighted by atomic mass is 9.88. The lowest BCUT2D eigenvalue weighted by molar-refractivity contribution is -0.141. The van der Waals surface area contributed by atoms with Gasteiger partial charge in [-0.15, -0.1) is 0 Å². The minimum atomic E-state index is 0.109. The van der Waals surface area contributed by atoms with Crippen molar-refractivity contribution in [2.45, 2.75) is 76.6 Å². The molecule has 0 radical (unpaired) electrons. The van der Waals surface area contributed by atoms with E-state index in [1.54, 1.807) is 0 Å². The van der Waals surface area contributed by atoms with E-state index in [1.165, 1.54) is 25.7 Å². The van der Waals surface area contributed by atoms with E-state index in [9.17, 15) is 4.79 Å². The maximum absolute atomic E-state index is 12.2. The summed E-state index contributed by atoms with van der Waals surface area (Å²) < 4.78 is 17.3. The third-order valence-electron chi connectivity index (χ3n) is 5.70. The lowest BCUT2D eigenvalue weighted by Crippen LogP contribution is -2.43. The molecule has 3 rings (SSSR count). The Morgan fingerprint density at radius 1 is 1.04 bits per heavy atom. The van der Waals surface area contributed by atoms with Crippen LogP contribution in [0.3, 0.4) is 0 Å². The van der Waals surface area contributed by atoms with Crippen LogP contribution in [0.1, 0.15) is 58.3 Å². The lowest BCUT2D eigenvalue weighted by Gasteiger charge is -2.35. The maximum Gasteiger partial charge on any atom is 0.248 e. The van der Waals surface area contributed by atoms with Gasteiger partial charge < -0.3 is 19.1 Å². The third kappa shape index (κ3) is 5.43. The number of carbonyl (C=O) groups excluding carboxylic acids is 1. The fourth-order valence-corrected chi connectivity index (χ4v) is 4.02. The van der Waals surface area contributed by atoms with Gasteiger partial charge in [0.05, 0.1) is 24.9 Å². The summed E-state index contributed by atoms with van der Waals surface area (Å²) >= 11 is 0. The summed E-state index contributed by atoms with van der Waals surface area (Å²) in [5, 5.41) is 0. The number of nitrogens with zero attached hydrogens (tertiary/aromatic N) is 1. The number of amides is 1. The molecular formula is C19H33NO4. The predicted octanol–water partition coefficient (Wildman–Crippen LogP) is 2.77. The minimum Gasteiger partial charge on any atom is -0.376 e. The SMILES string of the molecule is CC1CCC(OC2CCN(C(=O)COCC3CCCO3)CC2)CC1. The second kappa shape index (κ2) is 9.16. The van der Waals surface area contributed by atoms with Crippen molar-refractivity contribution in [2.75, 3.05) is 32.9 Å². The Morgan fingerprint density at radius 3 is 2.42 bits per heavy atom. The molecule has 5 heteroatoms. The van der Waals surface area contributed by atoms with E-state index in [-0.39, 0.29) is 18.6 Å². The first kappa shape index (κ1) is 18.2. The van der Waals surface area contributed by atoms with Crippen molar-refractivity contribution in [1.82, 2.24) is 4.90 Å². The van der Waals surface area contributed by atoms with Crippen molar-refractivity contribution in [2.24, 2.45) is 5.92 Å². The Hall–Kier alpha value is -0.650. The van der Waals surface area contributed by atoms with E-state index in [0.29, 0.717) is 18.8 Å². The minimum absolute atomic E-state index is 0.109. The van der Waals surface area contributed by atoms with Crippen LogP contribution in [0.15, 0.2) is 0 Å². The fourth-order valence-electron chi connectivity index (χ4n) is 4.02. The van der Waals surface area contributed by atoms with Gasteiger partial charge >= 0.3 is 0 Å². The van der Waals surface area contributed by atoms with E-state index < -0.39 is 0 Å². The normalized spacial score (nSPS) is 32.2. The van der Waals surface area contributed by atoms with Crippen molar-refractivity contribution in [1.29, 1.82) is 0 Å². The number of hydrogen-bond acceptors (Lipinski definition) is 4. The molecule has 2 aliphatic heterocycles. The second-order valence-corrected chi connectivity index (χ2v) is 7.75. The summed E-state index contributed by atoms with van der Waals surface area (Å²) in [5.41, 5.74) is 0. The van der Waals surface area contributed by atoms with Crippen LogP contribution in [0.25, 0.3) is 0 Å². The van der Waals surface area contributed by atoms with Gasteiger partial charge in [-0.25, -0.2) is 0 Å². The largest absolute Gasteiger partial charge is 0.376 e. The molecule has 138 valence electrons. The first-order valence-electron chi connectivity index (χ1n) is 9.83. The van der Waals surface area contributed by atoms with Gasteiger partial charge in [-0.2, -0.15) is 0 Å². The van der Waals surface area contributed by atoms with Gasteiger partial charge in [-0.3, -0.25) is 4.79 Å². The summed E-state index contributed by atoms with van der Waals surface area (Å²) in [4.78, 5) is 14.2. The van der Waals surface area contributed by atoms with Gasteiger partial charge in [-0.05, 0) is 57.3 Å². The highest BCUT2D eigenvalue weighted by molar-refractivity contribution is 5.77. The molecule has 0 aromatic carbocycles. The number of carbonyl (C=O) groups is 1. The third-order valence-corrected chi connectivity index (χ3v) is 5.70. The Bertz CT molecular complexity index is 381. The van der Waals surface area contributed by atoms with Crippen molar-refractivity contribution in [3.05, 3.63) is 0 Å². The average molecular weight is 339 g/mol. The summed E-state index contributed by atoms with van der Waals surface area (Å²) in [5.74, 6) is 0.969. The van der Waals surface area contributed by atoms with Gasteiger partial charge in [0.15, 0.2) is 0 Å². The highest BCUT2D eigenvalue weighted by atomic mass is 16.5. The molecule has 0 N–H and O–H groups in total. The Balaban J connectivity index is 1.28.